The van der Waals surface area contributed by atoms with Crippen molar-refractivity contribution in [1.29, 1.82) is 0 Å². The number of aliphatic hydroxyl groups excluding tert-OH is 1. The first kappa shape index (κ1) is 18.0. The Kier molecular flexibility index (Phi) is 8.11. The first-order valence-corrected chi connectivity index (χ1v) is 10.2. The Balaban J connectivity index is 2.20. The Bertz CT molecular complexity index is 343. The van der Waals surface area contributed by atoms with Crippen LogP contribution in [0.15, 0.2) is 0 Å². The van der Waals surface area contributed by atoms with E-state index in [0.717, 1.165) is 18.8 Å². The van der Waals surface area contributed by atoms with Gasteiger partial charge in [-0.2, -0.15) is 0 Å². The molecular formula is C16H32O3S. The maximum absolute atomic E-state index is 11.4. The second kappa shape index (κ2) is 9.04. The standard InChI is InChI=1S/C16H32O3S/c1-3-5-7-14-9-11-15(12-10-14)16(17)8-6-13-20(18,19)4-2/h14-17H,3-13H2,1-2H3. The monoisotopic (exact) mass is 304 g/mol. The van der Waals surface area contributed by atoms with Crippen molar-refractivity contribution in [3.8, 4) is 0 Å². The molecule has 20 heavy (non-hydrogen) atoms. The molecule has 3 nitrogen and oxygen atoms in total. The molecule has 4 heteroatoms. The fraction of sp³-hybridized carbons (Fsp3) is 1.00. The van der Waals surface area contributed by atoms with Gasteiger partial charge in [0.15, 0.2) is 0 Å². The molecule has 1 saturated carbocycles. The summed E-state index contributed by atoms with van der Waals surface area (Å²) in [4.78, 5) is 0. The smallest absolute Gasteiger partial charge is 0.150 e. The third-order valence-corrected chi connectivity index (χ3v) is 6.59. The van der Waals surface area contributed by atoms with Crippen LogP contribution in [0.25, 0.3) is 0 Å². The Morgan fingerprint density at radius 1 is 1.10 bits per heavy atom. The van der Waals surface area contributed by atoms with Crippen LogP contribution in [0.4, 0.5) is 0 Å². The van der Waals surface area contributed by atoms with E-state index in [1.807, 2.05) is 0 Å². The lowest BCUT2D eigenvalue weighted by Crippen LogP contribution is -2.26. The van der Waals surface area contributed by atoms with Gasteiger partial charge in [-0.3, -0.25) is 0 Å². The van der Waals surface area contributed by atoms with Crippen molar-refractivity contribution in [1.82, 2.24) is 0 Å². The van der Waals surface area contributed by atoms with E-state index in [1.54, 1.807) is 6.92 Å². The van der Waals surface area contributed by atoms with Gasteiger partial charge in [0.2, 0.25) is 0 Å². The van der Waals surface area contributed by atoms with E-state index in [9.17, 15) is 13.5 Å². The Labute approximate surface area is 125 Å². The minimum Gasteiger partial charge on any atom is -0.393 e. The molecule has 1 N–H and O–H groups in total. The van der Waals surface area contributed by atoms with Gasteiger partial charge in [0.05, 0.1) is 11.9 Å². The predicted octanol–water partition coefficient (Wildman–Crippen LogP) is 3.56. The minimum absolute atomic E-state index is 0.214. The summed E-state index contributed by atoms with van der Waals surface area (Å²) >= 11 is 0. The Morgan fingerprint density at radius 2 is 1.75 bits per heavy atom. The molecule has 0 bridgehead atoms. The quantitative estimate of drug-likeness (QED) is 0.708. The van der Waals surface area contributed by atoms with Gasteiger partial charge in [0.1, 0.15) is 9.84 Å². The van der Waals surface area contributed by atoms with Crippen LogP contribution in [0, 0.1) is 11.8 Å². The number of sulfone groups is 1. The van der Waals surface area contributed by atoms with Crippen LogP contribution >= 0.6 is 0 Å². The van der Waals surface area contributed by atoms with Gasteiger partial charge in [-0.1, -0.05) is 46.0 Å². The van der Waals surface area contributed by atoms with E-state index >= 15 is 0 Å². The molecule has 1 fully saturated rings. The maximum atomic E-state index is 11.4. The predicted molar refractivity (Wildman–Crippen MR) is 84.5 cm³/mol. The fourth-order valence-corrected chi connectivity index (χ4v) is 4.14. The van der Waals surface area contributed by atoms with Gasteiger partial charge in [-0.15, -0.1) is 0 Å². The van der Waals surface area contributed by atoms with E-state index in [-0.39, 0.29) is 17.6 Å². The summed E-state index contributed by atoms with van der Waals surface area (Å²) < 4.78 is 22.8. The summed E-state index contributed by atoms with van der Waals surface area (Å²) in [7, 11) is -2.88. The highest BCUT2D eigenvalue weighted by Crippen LogP contribution is 2.34. The van der Waals surface area contributed by atoms with Gasteiger partial charge in [-0.25, -0.2) is 8.42 Å². The van der Waals surface area contributed by atoms with Crippen molar-refractivity contribution < 1.29 is 13.5 Å². The molecule has 0 amide bonds. The van der Waals surface area contributed by atoms with Crippen LogP contribution < -0.4 is 0 Å². The highest BCUT2D eigenvalue weighted by Gasteiger charge is 2.26. The van der Waals surface area contributed by atoms with Gasteiger partial charge in [0, 0.05) is 5.75 Å². The molecule has 1 unspecified atom stereocenters. The third kappa shape index (κ3) is 6.57. The lowest BCUT2D eigenvalue weighted by atomic mass is 9.77. The SMILES string of the molecule is CCCCC1CCC(C(O)CCCS(=O)(=O)CC)CC1. The summed E-state index contributed by atoms with van der Waals surface area (Å²) in [6.07, 6.45) is 9.62. The van der Waals surface area contributed by atoms with E-state index in [1.165, 1.54) is 32.1 Å². The molecule has 1 rings (SSSR count). The molecule has 1 aliphatic rings. The summed E-state index contributed by atoms with van der Waals surface area (Å²) in [5, 5.41) is 10.2. The maximum Gasteiger partial charge on any atom is 0.150 e. The molecule has 0 aromatic carbocycles. The first-order valence-electron chi connectivity index (χ1n) is 8.37. The van der Waals surface area contributed by atoms with Crippen molar-refractivity contribution in [2.45, 2.75) is 77.7 Å². The molecule has 0 aromatic rings. The lowest BCUT2D eigenvalue weighted by molar-refractivity contribution is 0.0652. The Morgan fingerprint density at radius 3 is 2.30 bits per heavy atom. The molecule has 0 spiro atoms. The van der Waals surface area contributed by atoms with Crippen molar-refractivity contribution >= 4 is 9.84 Å². The van der Waals surface area contributed by atoms with Crippen LogP contribution in [0.2, 0.25) is 0 Å². The van der Waals surface area contributed by atoms with Crippen molar-refractivity contribution in [3.63, 3.8) is 0 Å². The third-order valence-electron chi connectivity index (χ3n) is 4.80. The summed E-state index contributed by atoms with van der Waals surface area (Å²) in [6, 6.07) is 0. The normalized spacial score (nSPS) is 25.6. The molecule has 120 valence electrons. The van der Waals surface area contributed by atoms with Gasteiger partial charge in [0.25, 0.3) is 0 Å². The topological polar surface area (TPSA) is 54.4 Å². The van der Waals surface area contributed by atoms with Crippen LogP contribution in [0.3, 0.4) is 0 Å². The minimum atomic E-state index is -2.88. The van der Waals surface area contributed by atoms with E-state index in [2.05, 4.69) is 6.92 Å². The Hall–Kier alpha value is -0.0900. The molecule has 0 aliphatic heterocycles. The molecule has 0 saturated heterocycles. The van der Waals surface area contributed by atoms with E-state index in [4.69, 9.17) is 0 Å². The molecule has 1 aliphatic carbocycles. The zero-order chi connectivity index (χ0) is 15.0. The first-order chi connectivity index (χ1) is 9.48. The van der Waals surface area contributed by atoms with Crippen LogP contribution in [0.1, 0.15) is 71.6 Å². The molecular weight excluding hydrogens is 272 g/mol. The summed E-state index contributed by atoms with van der Waals surface area (Å²) in [6.45, 7) is 3.92. The average Bonchev–Trinajstić information content (AvgIpc) is 2.45. The average molecular weight is 304 g/mol. The molecule has 0 aromatic heterocycles. The highest BCUT2D eigenvalue weighted by molar-refractivity contribution is 7.91. The number of hydrogen-bond acceptors (Lipinski definition) is 3. The highest BCUT2D eigenvalue weighted by atomic mass is 32.2. The number of rotatable bonds is 9. The van der Waals surface area contributed by atoms with E-state index < -0.39 is 9.84 Å². The summed E-state index contributed by atoms with van der Waals surface area (Å²) in [5.74, 6) is 1.70. The molecule has 1 atom stereocenters. The van der Waals surface area contributed by atoms with Crippen LogP contribution in [0.5, 0.6) is 0 Å². The lowest BCUT2D eigenvalue weighted by Gasteiger charge is -2.31. The molecule has 0 heterocycles. The summed E-state index contributed by atoms with van der Waals surface area (Å²) in [5.41, 5.74) is 0. The fourth-order valence-electron chi connectivity index (χ4n) is 3.25. The number of unbranched alkanes of at least 4 members (excludes halogenated alkanes) is 1. The zero-order valence-electron chi connectivity index (χ0n) is 13.2. The van der Waals surface area contributed by atoms with Gasteiger partial charge >= 0.3 is 0 Å². The van der Waals surface area contributed by atoms with Crippen molar-refractivity contribution in [3.05, 3.63) is 0 Å². The largest absolute Gasteiger partial charge is 0.393 e. The second-order valence-corrected chi connectivity index (χ2v) is 8.84. The second-order valence-electron chi connectivity index (χ2n) is 6.37. The van der Waals surface area contributed by atoms with Gasteiger partial charge < -0.3 is 5.11 Å². The van der Waals surface area contributed by atoms with E-state index in [0.29, 0.717) is 18.8 Å². The van der Waals surface area contributed by atoms with Crippen LogP contribution in [-0.2, 0) is 9.84 Å². The van der Waals surface area contributed by atoms with Crippen LogP contribution in [-0.4, -0.2) is 31.1 Å². The van der Waals surface area contributed by atoms with Gasteiger partial charge in [-0.05, 0) is 37.5 Å². The number of aliphatic hydroxyl groups is 1. The van der Waals surface area contributed by atoms with Crippen molar-refractivity contribution in [2.24, 2.45) is 11.8 Å². The number of hydrogen-bond donors (Lipinski definition) is 1. The zero-order valence-corrected chi connectivity index (χ0v) is 14.0. The molecule has 0 radical (unpaired) electrons. The van der Waals surface area contributed by atoms with Crippen molar-refractivity contribution in [2.75, 3.05) is 11.5 Å².